The molecule has 1 aliphatic heterocycles. The molecule has 1 saturated heterocycles. The van der Waals surface area contributed by atoms with Crippen LogP contribution in [0, 0.1) is 0 Å². The summed E-state index contributed by atoms with van der Waals surface area (Å²) in [5.41, 5.74) is 1.37. The summed E-state index contributed by atoms with van der Waals surface area (Å²) in [5.74, 6) is 0.993. The van der Waals surface area contributed by atoms with E-state index in [2.05, 4.69) is 19.8 Å². The second-order valence-electron chi connectivity index (χ2n) is 8.63. The Morgan fingerprint density at radius 1 is 0.971 bits per heavy atom. The third-order valence-corrected chi connectivity index (χ3v) is 7.46. The fourth-order valence-electron chi connectivity index (χ4n) is 3.92. The lowest BCUT2D eigenvalue weighted by molar-refractivity contribution is 0.0551. The third kappa shape index (κ3) is 5.35. The average Bonchev–Trinajstić information content (AvgIpc) is 3.33. The highest BCUT2D eigenvalue weighted by Gasteiger charge is 2.28. The molecule has 2 aromatic carbocycles. The van der Waals surface area contributed by atoms with Crippen molar-refractivity contribution in [2.24, 2.45) is 0 Å². The van der Waals surface area contributed by atoms with Crippen LogP contribution in [0.2, 0.25) is 0 Å². The van der Waals surface area contributed by atoms with Gasteiger partial charge in [0.2, 0.25) is 21.7 Å². The predicted molar refractivity (Wildman–Crippen MR) is 128 cm³/mol. The van der Waals surface area contributed by atoms with Crippen LogP contribution in [-0.4, -0.2) is 66.5 Å². The van der Waals surface area contributed by atoms with Crippen molar-refractivity contribution < 1.29 is 17.7 Å². The lowest BCUT2D eigenvalue weighted by atomic mass is 10.1. The van der Waals surface area contributed by atoms with Crippen molar-refractivity contribution in [3.8, 4) is 11.4 Å². The zero-order chi connectivity index (χ0) is 24.3. The van der Waals surface area contributed by atoms with E-state index in [1.807, 2.05) is 37.3 Å². The molecule has 10 heteroatoms. The number of aromatic nitrogens is 2. The molecule has 0 spiro atoms. The van der Waals surface area contributed by atoms with Crippen molar-refractivity contribution in [3.63, 3.8) is 0 Å². The van der Waals surface area contributed by atoms with Gasteiger partial charge in [0.15, 0.2) is 0 Å². The highest BCUT2D eigenvalue weighted by Crippen LogP contribution is 2.24. The number of carbonyl (C=O) groups excluding carboxylic acids is 1. The Morgan fingerprint density at radius 3 is 2.24 bits per heavy atom. The Bertz CT molecular complexity index is 1220. The molecule has 1 fully saturated rings. The van der Waals surface area contributed by atoms with Crippen LogP contribution < -0.4 is 4.72 Å². The molecule has 180 valence electrons. The maximum atomic E-state index is 12.9. The number of rotatable bonds is 7. The number of hydrogen-bond acceptors (Lipinski definition) is 7. The monoisotopic (exact) mass is 483 g/mol. The molecule has 2 heterocycles. The van der Waals surface area contributed by atoms with Crippen molar-refractivity contribution in [3.05, 3.63) is 66.1 Å². The molecule has 4 rings (SSSR count). The van der Waals surface area contributed by atoms with Gasteiger partial charge in [0.05, 0.1) is 10.9 Å². The molecular formula is C24H29N5O4S. The first-order valence-corrected chi connectivity index (χ1v) is 12.8. The van der Waals surface area contributed by atoms with Crippen molar-refractivity contribution >= 4 is 15.9 Å². The molecule has 0 bridgehead atoms. The second kappa shape index (κ2) is 10.0. The van der Waals surface area contributed by atoms with Crippen LogP contribution in [0.4, 0.5) is 0 Å². The Hall–Kier alpha value is -3.08. The summed E-state index contributed by atoms with van der Waals surface area (Å²) in [6.07, 6.45) is 0. The van der Waals surface area contributed by atoms with Gasteiger partial charge in [0, 0.05) is 43.3 Å². The molecule has 0 radical (unpaired) electrons. The van der Waals surface area contributed by atoms with Crippen LogP contribution in [0.5, 0.6) is 0 Å². The smallest absolute Gasteiger partial charge is 0.253 e. The fraction of sp³-hybridized carbons (Fsp3) is 0.375. The number of nitrogens with one attached hydrogen (secondary N) is 1. The minimum absolute atomic E-state index is 0.0693. The predicted octanol–water partition coefficient (Wildman–Crippen LogP) is 2.94. The largest absolute Gasteiger partial charge is 0.337 e. The van der Waals surface area contributed by atoms with Gasteiger partial charge in [-0.05, 0) is 45.0 Å². The SMILES string of the molecule is CC(C)NS(=O)(=O)c1ccc(C(=O)N2CCN(C(C)c3nc(-c4ccccc4)no3)CC2)cc1. The number of carbonyl (C=O) groups is 1. The number of amides is 1. The molecule has 0 aliphatic carbocycles. The first-order valence-electron chi connectivity index (χ1n) is 11.3. The van der Waals surface area contributed by atoms with Crippen LogP contribution in [0.25, 0.3) is 11.4 Å². The quantitative estimate of drug-likeness (QED) is 0.550. The van der Waals surface area contributed by atoms with Crippen molar-refractivity contribution in [1.82, 2.24) is 24.7 Å². The maximum Gasteiger partial charge on any atom is 0.253 e. The molecule has 34 heavy (non-hydrogen) atoms. The van der Waals surface area contributed by atoms with E-state index in [0.717, 1.165) is 5.56 Å². The first kappa shape index (κ1) is 24.1. The van der Waals surface area contributed by atoms with Gasteiger partial charge in [-0.3, -0.25) is 9.69 Å². The van der Waals surface area contributed by atoms with Gasteiger partial charge in [-0.15, -0.1) is 0 Å². The van der Waals surface area contributed by atoms with Crippen molar-refractivity contribution in [1.29, 1.82) is 0 Å². The van der Waals surface area contributed by atoms with E-state index in [1.165, 1.54) is 12.1 Å². The normalized spacial score (nSPS) is 16.1. The molecule has 1 amide bonds. The second-order valence-corrected chi connectivity index (χ2v) is 10.3. The summed E-state index contributed by atoms with van der Waals surface area (Å²) >= 11 is 0. The van der Waals surface area contributed by atoms with Gasteiger partial charge in [-0.25, -0.2) is 13.1 Å². The van der Waals surface area contributed by atoms with Crippen LogP contribution in [-0.2, 0) is 10.0 Å². The Balaban J connectivity index is 1.35. The molecule has 1 N–H and O–H groups in total. The van der Waals surface area contributed by atoms with E-state index in [1.54, 1.807) is 30.9 Å². The fourth-order valence-corrected chi connectivity index (χ4v) is 5.17. The van der Waals surface area contributed by atoms with Crippen molar-refractivity contribution in [2.45, 2.75) is 37.8 Å². The number of hydrogen-bond donors (Lipinski definition) is 1. The summed E-state index contributed by atoms with van der Waals surface area (Å²) in [4.78, 5) is 21.6. The molecule has 3 aromatic rings. The summed E-state index contributed by atoms with van der Waals surface area (Å²) in [7, 11) is -3.59. The highest BCUT2D eigenvalue weighted by molar-refractivity contribution is 7.89. The molecule has 0 saturated carbocycles. The number of piperazine rings is 1. The Labute approximate surface area is 199 Å². The summed E-state index contributed by atoms with van der Waals surface area (Å²) in [6, 6.07) is 15.5. The standard InChI is InChI=1S/C24H29N5O4S/c1-17(2)27-34(31,32)21-11-9-20(10-12-21)24(30)29-15-13-28(14-16-29)18(3)23-25-22(26-33-23)19-7-5-4-6-8-19/h4-12,17-18,27H,13-16H2,1-3H3. The minimum Gasteiger partial charge on any atom is -0.337 e. The summed E-state index contributed by atoms with van der Waals surface area (Å²) < 4.78 is 32.6. The molecular weight excluding hydrogens is 454 g/mol. The van der Waals surface area contributed by atoms with Gasteiger partial charge >= 0.3 is 0 Å². The molecule has 1 aromatic heterocycles. The van der Waals surface area contributed by atoms with Crippen LogP contribution >= 0.6 is 0 Å². The lowest BCUT2D eigenvalue weighted by Gasteiger charge is -2.36. The van der Waals surface area contributed by atoms with E-state index in [-0.39, 0.29) is 22.9 Å². The Kier molecular flexibility index (Phi) is 7.11. The van der Waals surface area contributed by atoms with Gasteiger partial charge in [-0.1, -0.05) is 35.5 Å². The number of sulfonamides is 1. The van der Waals surface area contributed by atoms with Crippen molar-refractivity contribution in [2.75, 3.05) is 26.2 Å². The number of benzene rings is 2. The first-order chi connectivity index (χ1) is 16.2. The zero-order valence-corrected chi connectivity index (χ0v) is 20.3. The van der Waals surface area contributed by atoms with Gasteiger partial charge in [0.25, 0.3) is 5.91 Å². The summed E-state index contributed by atoms with van der Waals surface area (Å²) in [5, 5.41) is 4.10. The minimum atomic E-state index is -3.59. The van der Waals surface area contributed by atoms with Crippen LogP contribution in [0.1, 0.15) is 43.1 Å². The zero-order valence-electron chi connectivity index (χ0n) is 19.5. The molecule has 1 atom stereocenters. The van der Waals surface area contributed by atoms with E-state index in [0.29, 0.717) is 43.5 Å². The number of nitrogens with zero attached hydrogens (tertiary/aromatic N) is 4. The topological polar surface area (TPSA) is 109 Å². The Morgan fingerprint density at radius 2 is 1.62 bits per heavy atom. The van der Waals surface area contributed by atoms with E-state index < -0.39 is 10.0 Å². The van der Waals surface area contributed by atoms with Gasteiger partial charge < -0.3 is 9.42 Å². The van der Waals surface area contributed by atoms with Crippen LogP contribution in [0.15, 0.2) is 64.0 Å². The summed E-state index contributed by atoms with van der Waals surface area (Å²) in [6.45, 7) is 7.98. The molecule has 9 nitrogen and oxygen atoms in total. The molecule has 1 unspecified atom stereocenters. The van der Waals surface area contributed by atoms with Gasteiger partial charge in [0.1, 0.15) is 0 Å². The third-order valence-electron chi connectivity index (χ3n) is 5.78. The molecule has 1 aliphatic rings. The van der Waals surface area contributed by atoms with E-state index in [9.17, 15) is 13.2 Å². The average molecular weight is 484 g/mol. The van der Waals surface area contributed by atoms with E-state index >= 15 is 0 Å². The van der Waals surface area contributed by atoms with Crippen LogP contribution in [0.3, 0.4) is 0 Å². The van der Waals surface area contributed by atoms with E-state index in [4.69, 9.17) is 4.52 Å². The highest BCUT2D eigenvalue weighted by atomic mass is 32.2. The maximum absolute atomic E-state index is 12.9. The lowest BCUT2D eigenvalue weighted by Crippen LogP contribution is -2.49. The van der Waals surface area contributed by atoms with Gasteiger partial charge in [-0.2, -0.15) is 4.98 Å².